The van der Waals surface area contributed by atoms with Crippen LogP contribution in [0, 0.1) is 5.41 Å². The molecule has 0 saturated carbocycles. The molecule has 2 rings (SSSR count). The standard InChI is InChI=1S/C15H22N4O4/c1-4-15(5-2,14(22)23)13(21)18-6-7-19(12(20)10-18)11-8-16-17(3)9-11/h8-9H,4-7,10H2,1-3H3,(H,22,23). The largest absolute Gasteiger partial charge is 0.480 e. The van der Waals surface area contributed by atoms with Crippen molar-refractivity contribution in [2.45, 2.75) is 26.7 Å². The number of anilines is 1. The Morgan fingerprint density at radius 2 is 1.96 bits per heavy atom. The molecule has 1 N–H and O–H groups in total. The van der Waals surface area contributed by atoms with Crippen molar-refractivity contribution in [3.05, 3.63) is 12.4 Å². The summed E-state index contributed by atoms with van der Waals surface area (Å²) in [5, 5.41) is 13.5. The first kappa shape index (κ1) is 17.0. The van der Waals surface area contributed by atoms with E-state index in [2.05, 4.69) is 5.10 Å². The molecule has 1 saturated heterocycles. The summed E-state index contributed by atoms with van der Waals surface area (Å²) in [5.41, 5.74) is -0.767. The summed E-state index contributed by atoms with van der Waals surface area (Å²) < 4.78 is 1.60. The molecule has 0 radical (unpaired) electrons. The third-order valence-corrected chi connectivity index (χ3v) is 4.54. The Balaban J connectivity index is 2.14. The molecule has 0 unspecified atom stereocenters. The first-order chi connectivity index (χ1) is 10.9. The van der Waals surface area contributed by atoms with Crippen molar-refractivity contribution in [2.75, 3.05) is 24.5 Å². The highest BCUT2D eigenvalue weighted by Gasteiger charge is 2.46. The first-order valence-electron chi connectivity index (χ1n) is 7.67. The van der Waals surface area contributed by atoms with Gasteiger partial charge in [0.05, 0.1) is 11.9 Å². The van der Waals surface area contributed by atoms with Gasteiger partial charge in [-0.3, -0.25) is 19.1 Å². The van der Waals surface area contributed by atoms with Crippen LogP contribution in [0.3, 0.4) is 0 Å². The van der Waals surface area contributed by atoms with E-state index in [1.165, 1.54) is 4.90 Å². The van der Waals surface area contributed by atoms with Crippen molar-refractivity contribution in [2.24, 2.45) is 12.5 Å². The normalized spacial score (nSPS) is 15.9. The zero-order chi connectivity index (χ0) is 17.2. The lowest BCUT2D eigenvalue weighted by molar-refractivity contribution is -0.162. The van der Waals surface area contributed by atoms with Crippen LogP contribution in [0.2, 0.25) is 0 Å². The molecule has 8 heteroatoms. The van der Waals surface area contributed by atoms with Crippen molar-refractivity contribution in [3.8, 4) is 0 Å². The van der Waals surface area contributed by atoms with Crippen LogP contribution in [0.5, 0.6) is 0 Å². The molecule has 1 aromatic heterocycles. The fourth-order valence-electron chi connectivity index (χ4n) is 2.92. The number of carboxylic acid groups (broad SMARTS) is 1. The van der Waals surface area contributed by atoms with Gasteiger partial charge in [-0.25, -0.2) is 0 Å². The molecule has 0 spiro atoms. The molecule has 2 amide bonds. The minimum absolute atomic E-state index is 0.108. The van der Waals surface area contributed by atoms with E-state index in [1.54, 1.807) is 42.9 Å². The lowest BCUT2D eigenvalue weighted by Gasteiger charge is -2.38. The average molecular weight is 322 g/mol. The summed E-state index contributed by atoms with van der Waals surface area (Å²) in [6, 6.07) is 0. The van der Waals surface area contributed by atoms with Crippen molar-refractivity contribution in [3.63, 3.8) is 0 Å². The van der Waals surface area contributed by atoms with E-state index in [0.29, 0.717) is 18.8 Å². The van der Waals surface area contributed by atoms with Crippen molar-refractivity contribution < 1.29 is 19.5 Å². The molecule has 23 heavy (non-hydrogen) atoms. The number of aromatic nitrogens is 2. The zero-order valence-corrected chi connectivity index (χ0v) is 13.7. The minimum Gasteiger partial charge on any atom is -0.480 e. The molecular formula is C15H22N4O4. The molecule has 0 bridgehead atoms. The van der Waals surface area contributed by atoms with E-state index in [1.807, 2.05) is 0 Å². The number of amides is 2. The van der Waals surface area contributed by atoms with E-state index < -0.39 is 17.3 Å². The number of aryl methyl sites for hydroxylation is 1. The maximum absolute atomic E-state index is 12.7. The van der Waals surface area contributed by atoms with Crippen LogP contribution in [0.4, 0.5) is 5.69 Å². The number of nitrogens with zero attached hydrogens (tertiary/aromatic N) is 4. The van der Waals surface area contributed by atoms with Crippen molar-refractivity contribution in [1.29, 1.82) is 0 Å². The van der Waals surface area contributed by atoms with Gasteiger partial charge < -0.3 is 14.9 Å². The van der Waals surface area contributed by atoms with E-state index in [4.69, 9.17) is 0 Å². The third kappa shape index (κ3) is 2.93. The van der Waals surface area contributed by atoms with Gasteiger partial charge in [0.15, 0.2) is 0 Å². The Hall–Kier alpha value is -2.38. The fraction of sp³-hybridized carbons (Fsp3) is 0.600. The second kappa shape index (κ2) is 6.39. The number of aliphatic carboxylic acids is 1. The maximum Gasteiger partial charge on any atom is 0.319 e. The summed E-state index contributed by atoms with van der Waals surface area (Å²) in [5.74, 6) is -1.84. The predicted octanol–water partition coefficient (Wildman–Crippen LogP) is 0.486. The van der Waals surface area contributed by atoms with E-state index in [0.717, 1.165) is 0 Å². The maximum atomic E-state index is 12.7. The Kier molecular flexibility index (Phi) is 4.72. The van der Waals surface area contributed by atoms with Gasteiger partial charge in [0.1, 0.15) is 12.0 Å². The number of carbonyl (C=O) groups excluding carboxylic acids is 2. The zero-order valence-electron chi connectivity index (χ0n) is 13.7. The number of rotatable bonds is 5. The minimum atomic E-state index is -1.45. The second-order valence-corrected chi connectivity index (χ2v) is 5.74. The van der Waals surface area contributed by atoms with Gasteiger partial charge in [-0.2, -0.15) is 5.10 Å². The monoisotopic (exact) mass is 322 g/mol. The SMILES string of the molecule is CCC(CC)(C(=O)O)C(=O)N1CCN(c2cnn(C)c2)C(=O)C1. The van der Waals surface area contributed by atoms with Crippen LogP contribution in [-0.2, 0) is 21.4 Å². The molecule has 1 aliphatic heterocycles. The highest BCUT2D eigenvalue weighted by molar-refractivity contribution is 6.05. The molecule has 1 aromatic rings. The Morgan fingerprint density at radius 1 is 1.30 bits per heavy atom. The van der Waals surface area contributed by atoms with Gasteiger partial charge in [0.25, 0.3) is 0 Å². The van der Waals surface area contributed by atoms with Crippen LogP contribution in [0.1, 0.15) is 26.7 Å². The molecule has 1 fully saturated rings. The van der Waals surface area contributed by atoms with Gasteiger partial charge in [-0.15, -0.1) is 0 Å². The van der Waals surface area contributed by atoms with Crippen LogP contribution in [0.15, 0.2) is 12.4 Å². The highest BCUT2D eigenvalue weighted by atomic mass is 16.4. The van der Waals surface area contributed by atoms with Gasteiger partial charge >= 0.3 is 5.97 Å². The van der Waals surface area contributed by atoms with Gasteiger partial charge in [0, 0.05) is 26.3 Å². The summed E-state index contributed by atoms with van der Waals surface area (Å²) in [4.78, 5) is 39.5. The van der Waals surface area contributed by atoms with Crippen molar-refractivity contribution in [1.82, 2.24) is 14.7 Å². The summed E-state index contributed by atoms with van der Waals surface area (Å²) in [7, 11) is 1.76. The average Bonchev–Trinajstić information content (AvgIpc) is 2.94. The molecule has 0 aliphatic carbocycles. The van der Waals surface area contributed by atoms with Crippen LogP contribution in [0.25, 0.3) is 0 Å². The number of carbonyl (C=O) groups is 3. The predicted molar refractivity (Wildman–Crippen MR) is 82.8 cm³/mol. The van der Waals surface area contributed by atoms with Gasteiger partial charge in [0.2, 0.25) is 11.8 Å². The number of piperazine rings is 1. The van der Waals surface area contributed by atoms with Crippen LogP contribution < -0.4 is 4.90 Å². The van der Waals surface area contributed by atoms with Gasteiger partial charge in [-0.05, 0) is 12.8 Å². The number of hydrogen-bond donors (Lipinski definition) is 1. The molecule has 126 valence electrons. The number of carboxylic acids is 1. The Morgan fingerprint density at radius 3 is 2.39 bits per heavy atom. The first-order valence-corrected chi connectivity index (χ1v) is 7.67. The topological polar surface area (TPSA) is 95.7 Å². The molecule has 8 nitrogen and oxygen atoms in total. The molecule has 1 aliphatic rings. The third-order valence-electron chi connectivity index (χ3n) is 4.54. The van der Waals surface area contributed by atoms with Crippen LogP contribution in [-0.4, -0.2) is 57.2 Å². The Labute approximate surface area is 134 Å². The highest BCUT2D eigenvalue weighted by Crippen LogP contribution is 2.30. The lowest BCUT2D eigenvalue weighted by atomic mass is 9.80. The number of hydrogen-bond acceptors (Lipinski definition) is 4. The summed E-state index contributed by atoms with van der Waals surface area (Å²) >= 11 is 0. The van der Waals surface area contributed by atoms with Crippen molar-refractivity contribution >= 4 is 23.5 Å². The Bertz CT molecular complexity index is 621. The summed E-state index contributed by atoms with van der Waals surface area (Å²) in [6.45, 7) is 3.91. The molecule has 0 atom stereocenters. The summed E-state index contributed by atoms with van der Waals surface area (Å²) in [6.07, 6.45) is 3.73. The van der Waals surface area contributed by atoms with Crippen LogP contribution >= 0.6 is 0 Å². The van der Waals surface area contributed by atoms with Gasteiger partial charge in [-0.1, -0.05) is 13.8 Å². The molecule has 0 aromatic carbocycles. The molecular weight excluding hydrogens is 300 g/mol. The van der Waals surface area contributed by atoms with E-state index >= 15 is 0 Å². The quantitative estimate of drug-likeness (QED) is 0.796. The van der Waals surface area contributed by atoms with E-state index in [9.17, 15) is 19.5 Å². The smallest absolute Gasteiger partial charge is 0.319 e. The second-order valence-electron chi connectivity index (χ2n) is 5.74. The lowest BCUT2D eigenvalue weighted by Crippen LogP contribution is -2.57. The fourth-order valence-corrected chi connectivity index (χ4v) is 2.92. The molecule has 2 heterocycles. The van der Waals surface area contributed by atoms with E-state index in [-0.39, 0.29) is 25.3 Å².